The molecule has 2 amide bonds. The molecule has 6 nitrogen and oxygen atoms in total. The van der Waals surface area contributed by atoms with E-state index in [0.717, 1.165) is 5.69 Å². The number of thiophene rings is 1. The maximum atomic E-state index is 13.4. The van der Waals surface area contributed by atoms with Gasteiger partial charge in [0.2, 0.25) is 5.91 Å². The molecule has 0 bridgehead atoms. The van der Waals surface area contributed by atoms with E-state index in [1.807, 2.05) is 30.3 Å². The van der Waals surface area contributed by atoms with Crippen LogP contribution in [0.15, 0.2) is 78.3 Å². The van der Waals surface area contributed by atoms with Crippen molar-refractivity contribution in [3.05, 3.63) is 95.3 Å². The fraction of sp³-hybridized carbons (Fsp3) is 0. The van der Waals surface area contributed by atoms with Gasteiger partial charge in [0.25, 0.3) is 5.91 Å². The van der Waals surface area contributed by atoms with E-state index in [9.17, 15) is 14.0 Å². The van der Waals surface area contributed by atoms with E-state index in [1.54, 1.807) is 40.5 Å². The third-order valence-electron chi connectivity index (χ3n) is 4.46. The SMILES string of the molecule is NC(=O)c1ccsc1NC(=O)/C=C/c1cn(-c2ccccc2)nc1-c1ccc(F)cc1. The van der Waals surface area contributed by atoms with Crippen LogP contribution in [-0.4, -0.2) is 21.6 Å². The first kappa shape index (κ1) is 20.2. The van der Waals surface area contributed by atoms with E-state index in [4.69, 9.17) is 5.73 Å². The molecule has 3 N–H and O–H groups in total. The normalized spacial score (nSPS) is 11.0. The average Bonchev–Trinajstić information content (AvgIpc) is 3.41. The Morgan fingerprint density at radius 2 is 1.81 bits per heavy atom. The second-order valence-electron chi connectivity index (χ2n) is 6.57. The molecule has 0 unspecified atom stereocenters. The largest absolute Gasteiger partial charge is 0.366 e. The van der Waals surface area contributed by atoms with E-state index in [2.05, 4.69) is 10.4 Å². The number of halogens is 1. The second kappa shape index (κ2) is 8.76. The summed E-state index contributed by atoms with van der Waals surface area (Å²) >= 11 is 1.21. The third kappa shape index (κ3) is 4.59. The quantitative estimate of drug-likeness (QED) is 0.440. The van der Waals surface area contributed by atoms with Gasteiger partial charge in [0.05, 0.1) is 16.9 Å². The maximum absolute atomic E-state index is 13.4. The van der Waals surface area contributed by atoms with Crippen molar-refractivity contribution in [2.45, 2.75) is 0 Å². The number of para-hydroxylation sites is 1. The Labute approximate surface area is 181 Å². The minimum atomic E-state index is -0.608. The Kier molecular flexibility index (Phi) is 5.72. The minimum absolute atomic E-state index is 0.260. The molecule has 0 saturated heterocycles. The molecular formula is C23H17FN4O2S. The highest BCUT2D eigenvalue weighted by Crippen LogP contribution is 2.26. The van der Waals surface area contributed by atoms with Gasteiger partial charge >= 0.3 is 0 Å². The van der Waals surface area contributed by atoms with E-state index in [1.165, 1.54) is 29.5 Å². The van der Waals surface area contributed by atoms with Gasteiger partial charge in [0.1, 0.15) is 10.8 Å². The summed E-state index contributed by atoms with van der Waals surface area (Å²) in [5.74, 6) is -1.37. The molecule has 154 valence electrons. The first-order valence-electron chi connectivity index (χ1n) is 9.28. The Bertz CT molecular complexity index is 1260. The van der Waals surface area contributed by atoms with Crippen LogP contribution in [0.4, 0.5) is 9.39 Å². The van der Waals surface area contributed by atoms with Crippen molar-refractivity contribution in [2.24, 2.45) is 5.73 Å². The Balaban J connectivity index is 1.65. The zero-order valence-corrected chi connectivity index (χ0v) is 17.0. The summed E-state index contributed by atoms with van der Waals surface area (Å²) in [5, 5.41) is 9.35. The van der Waals surface area contributed by atoms with Crippen LogP contribution in [0.3, 0.4) is 0 Å². The van der Waals surface area contributed by atoms with Gasteiger partial charge in [0, 0.05) is 23.4 Å². The lowest BCUT2D eigenvalue weighted by Crippen LogP contribution is -2.14. The molecule has 2 heterocycles. The molecule has 0 fully saturated rings. The van der Waals surface area contributed by atoms with Gasteiger partial charge in [-0.25, -0.2) is 9.07 Å². The van der Waals surface area contributed by atoms with Crippen molar-refractivity contribution in [3.63, 3.8) is 0 Å². The highest BCUT2D eigenvalue weighted by atomic mass is 32.1. The molecule has 2 aromatic heterocycles. The molecule has 0 aliphatic heterocycles. The fourth-order valence-corrected chi connectivity index (χ4v) is 3.77. The fourth-order valence-electron chi connectivity index (χ4n) is 2.97. The number of amides is 2. The molecule has 0 atom stereocenters. The van der Waals surface area contributed by atoms with Crippen molar-refractivity contribution in [1.82, 2.24) is 9.78 Å². The van der Waals surface area contributed by atoms with Crippen LogP contribution in [0.5, 0.6) is 0 Å². The summed E-state index contributed by atoms with van der Waals surface area (Å²) < 4.78 is 15.1. The highest BCUT2D eigenvalue weighted by Gasteiger charge is 2.13. The summed E-state index contributed by atoms with van der Waals surface area (Å²) in [6.45, 7) is 0. The molecule has 0 aliphatic carbocycles. The van der Waals surface area contributed by atoms with E-state index in [0.29, 0.717) is 21.8 Å². The Morgan fingerprint density at radius 3 is 2.52 bits per heavy atom. The molecule has 2 aromatic carbocycles. The van der Waals surface area contributed by atoms with Crippen LogP contribution in [-0.2, 0) is 4.79 Å². The number of nitrogens with one attached hydrogen (secondary N) is 1. The standard InChI is InChI=1S/C23H17FN4O2S/c24-17-9-6-15(7-10-17)21-16(14-28(27-21)18-4-2-1-3-5-18)8-11-20(29)26-23-19(22(25)30)12-13-31-23/h1-14H,(H2,25,30)(H,26,29)/b11-8+. The number of anilines is 1. The van der Waals surface area contributed by atoms with Gasteiger partial charge in [-0.15, -0.1) is 11.3 Å². The van der Waals surface area contributed by atoms with Crippen molar-refractivity contribution >= 4 is 34.2 Å². The predicted octanol–water partition coefficient (Wildman–Crippen LogP) is 4.49. The smallest absolute Gasteiger partial charge is 0.251 e. The summed E-state index contributed by atoms with van der Waals surface area (Å²) in [5.41, 5.74) is 8.41. The Hall–Kier alpha value is -4.04. The summed E-state index contributed by atoms with van der Waals surface area (Å²) in [7, 11) is 0. The lowest BCUT2D eigenvalue weighted by molar-refractivity contribution is -0.111. The molecule has 0 radical (unpaired) electrons. The number of nitrogens with two attached hydrogens (primary N) is 1. The number of primary amides is 1. The van der Waals surface area contributed by atoms with Crippen LogP contribution in [0, 0.1) is 5.82 Å². The molecule has 8 heteroatoms. The zero-order chi connectivity index (χ0) is 21.8. The van der Waals surface area contributed by atoms with Crippen molar-refractivity contribution < 1.29 is 14.0 Å². The minimum Gasteiger partial charge on any atom is -0.366 e. The van der Waals surface area contributed by atoms with Crippen LogP contribution in [0.25, 0.3) is 23.0 Å². The number of hydrogen-bond acceptors (Lipinski definition) is 4. The van der Waals surface area contributed by atoms with Gasteiger partial charge in [0.15, 0.2) is 0 Å². The van der Waals surface area contributed by atoms with Gasteiger partial charge in [-0.1, -0.05) is 18.2 Å². The van der Waals surface area contributed by atoms with Crippen LogP contribution >= 0.6 is 11.3 Å². The Morgan fingerprint density at radius 1 is 1.06 bits per heavy atom. The monoisotopic (exact) mass is 432 g/mol. The summed E-state index contributed by atoms with van der Waals surface area (Å²) in [6.07, 6.45) is 4.76. The summed E-state index contributed by atoms with van der Waals surface area (Å²) in [6, 6.07) is 17.1. The summed E-state index contributed by atoms with van der Waals surface area (Å²) in [4.78, 5) is 23.8. The first-order valence-corrected chi connectivity index (χ1v) is 10.2. The zero-order valence-electron chi connectivity index (χ0n) is 16.2. The van der Waals surface area contributed by atoms with Crippen LogP contribution < -0.4 is 11.1 Å². The molecule has 31 heavy (non-hydrogen) atoms. The van der Waals surface area contributed by atoms with Crippen molar-refractivity contribution in [3.8, 4) is 16.9 Å². The topological polar surface area (TPSA) is 90.0 Å². The number of hydrogen-bond donors (Lipinski definition) is 2. The molecular weight excluding hydrogens is 415 g/mol. The predicted molar refractivity (Wildman–Crippen MR) is 119 cm³/mol. The van der Waals surface area contributed by atoms with Crippen molar-refractivity contribution in [1.29, 1.82) is 0 Å². The van der Waals surface area contributed by atoms with Gasteiger partial charge in [-0.3, -0.25) is 9.59 Å². The number of carbonyl (C=O) groups excluding carboxylic acids is 2. The third-order valence-corrected chi connectivity index (χ3v) is 5.29. The molecule has 0 spiro atoms. The second-order valence-corrected chi connectivity index (χ2v) is 7.49. The molecule has 0 saturated carbocycles. The van der Waals surface area contributed by atoms with E-state index < -0.39 is 11.8 Å². The molecule has 4 aromatic rings. The van der Waals surface area contributed by atoms with E-state index in [-0.39, 0.29) is 11.4 Å². The maximum Gasteiger partial charge on any atom is 0.251 e. The highest BCUT2D eigenvalue weighted by molar-refractivity contribution is 7.14. The van der Waals surface area contributed by atoms with Gasteiger partial charge < -0.3 is 11.1 Å². The average molecular weight is 432 g/mol. The van der Waals surface area contributed by atoms with E-state index >= 15 is 0 Å². The number of carbonyl (C=O) groups is 2. The van der Waals surface area contributed by atoms with Crippen molar-refractivity contribution in [2.75, 3.05) is 5.32 Å². The lowest BCUT2D eigenvalue weighted by atomic mass is 10.1. The van der Waals surface area contributed by atoms with Crippen LogP contribution in [0.2, 0.25) is 0 Å². The number of nitrogens with zero attached hydrogens (tertiary/aromatic N) is 2. The first-order chi connectivity index (χ1) is 15.0. The van der Waals surface area contributed by atoms with Gasteiger partial charge in [-0.05, 0) is 53.9 Å². The van der Waals surface area contributed by atoms with Gasteiger partial charge in [-0.2, -0.15) is 5.10 Å². The number of benzene rings is 2. The number of rotatable bonds is 6. The van der Waals surface area contributed by atoms with Crippen LogP contribution in [0.1, 0.15) is 15.9 Å². The molecule has 0 aliphatic rings. The molecule has 4 rings (SSSR count). The number of aromatic nitrogens is 2. The lowest BCUT2D eigenvalue weighted by Gasteiger charge is -2.01.